The molecule has 0 heterocycles. The highest BCUT2D eigenvalue weighted by Crippen LogP contribution is 2.50. The monoisotopic (exact) mass is 565 g/mol. The number of aromatic carboxylic acids is 1. The fourth-order valence-corrected chi connectivity index (χ4v) is 5.01. The number of anilines is 1. The molecule has 0 radical (unpaired) electrons. The topological polar surface area (TPSA) is 104 Å². The van der Waals surface area contributed by atoms with Crippen molar-refractivity contribution in [2.45, 2.75) is 30.6 Å². The minimum Gasteiger partial charge on any atom is -0.478 e. The van der Waals surface area contributed by atoms with Gasteiger partial charge in [-0.1, -0.05) is 36.4 Å². The molecule has 3 aromatic rings. The molecule has 0 amide bonds. The Hall–Kier alpha value is -3.65. The Labute approximate surface area is 211 Å². The lowest BCUT2D eigenvalue weighted by Crippen LogP contribution is -2.53. The first-order valence-electron chi connectivity index (χ1n) is 10.5. The second-order valence-corrected chi connectivity index (χ2v) is 9.97. The fourth-order valence-electron chi connectivity index (χ4n) is 3.68. The van der Waals surface area contributed by atoms with Crippen molar-refractivity contribution in [1.29, 1.82) is 0 Å². The number of benzene rings is 3. The van der Waals surface area contributed by atoms with Crippen LogP contribution in [0.2, 0.25) is 0 Å². The quantitative estimate of drug-likeness (QED) is 0.317. The van der Waals surface area contributed by atoms with Crippen molar-refractivity contribution in [2.75, 3.05) is 4.72 Å². The van der Waals surface area contributed by atoms with E-state index in [-0.39, 0.29) is 34.5 Å². The van der Waals surface area contributed by atoms with E-state index in [1.165, 1.54) is 25.1 Å². The zero-order chi connectivity index (χ0) is 28.7. The van der Waals surface area contributed by atoms with Crippen LogP contribution in [0.25, 0.3) is 11.1 Å². The van der Waals surface area contributed by atoms with E-state index < -0.39 is 56.6 Å². The van der Waals surface area contributed by atoms with Crippen LogP contribution >= 0.6 is 0 Å². The van der Waals surface area contributed by atoms with E-state index in [0.29, 0.717) is 11.6 Å². The van der Waals surface area contributed by atoms with Gasteiger partial charge in [0.25, 0.3) is 5.60 Å². The van der Waals surface area contributed by atoms with Crippen LogP contribution in [0, 0.1) is 12.7 Å². The van der Waals surface area contributed by atoms with Crippen LogP contribution in [0.1, 0.15) is 27.0 Å². The second kappa shape index (κ2) is 9.91. The molecule has 0 aliphatic rings. The standard InChI is InChI=1S/C24H18F7NO5S/c1-13-3-2-4-18(21(33)34)19(13)12-38(36,37)32-16-8-5-14(6-9-16)17-10-7-15(11-20(17)25)22(35,23(26,27)28)24(29,30)31/h2-11,32,35H,12H2,1H3,(H,33,34). The van der Waals surface area contributed by atoms with Crippen LogP contribution in [0.5, 0.6) is 0 Å². The summed E-state index contributed by atoms with van der Waals surface area (Å²) in [5.74, 6) is -3.50. The third-order valence-corrected chi connectivity index (χ3v) is 6.87. The molecule has 0 bridgehead atoms. The molecule has 0 unspecified atom stereocenters. The third kappa shape index (κ3) is 5.60. The molecule has 3 rings (SSSR count). The summed E-state index contributed by atoms with van der Waals surface area (Å²) in [4.78, 5) is 11.4. The number of carbonyl (C=O) groups is 1. The maximum atomic E-state index is 14.6. The highest BCUT2D eigenvalue weighted by atomic mass is 32.2. The van der Waals surface area contributed by atoms with Gasteiger partial charge >= 0.3 is 18.3 Å². The summed E-state index contributed by atoms with van der Waals surface area (Å²) in [5, 5.41) is 18.7. The Morgan fingerprint density at radius 2 is 1.50 bits per heavy atom. The number of aryl methyl sites for hydroxylation is 1. The molecule has 0 aliphatic heterocycles. The average molecular weight is 565 g/mol. The predicted molar refractivity (Wildman–Crippen MR) is 122 cm³/mol. The smallest absolute Gasteiger partial charge is 0.430 e. The van der Waals surface area contributed by atoms with Crippen LogP contribution in [-0.2, 0) is 21.4 Å². The van der Waals surface area contributed by atoms with Gasteiger partial charge in [-0.2, -0.15) is 26.3 Å². The number of alkyl halides is 6. The molecule has 0 saturated carbocycles. The normalized spacial score (nSPS) is 12.9. The van der Waals surface area contributed by atoms with E-state index in [1.807, 2.05) is 0 Å². The lowest BCUT2D eigenvalue weighted by molar-refractivity contribution is -0.376. The highest BCUT2D eigenvalue weighted by molar-refractivity contribution is 7.91. The number of halogens is 7. The molecule has 0 atom stereocenters. The summed E-state index contributed by atoms with van der Waals surface area (Å²) in [6.07, 6.45) is -12.4. The van der Waals surface area contributed by atoms with Crippen molar-refractivity contribution >= 4 is 21.7 Å². The Morgan fingerprint density at radius 3 is 2.00 bits per heavy atom. The fraction of sp³-hybridized carbons (Fsp3) is 0.208. The van der Waals surface area contributed by atoms with Gasteiger partial charge in [0.2, 0.25) is 10.0 Å². The summed E-state index contributed by atoms with van der Waals surface area (Å²) in [7, 11) is -4.13. The van der Waals surface area contributed by atoms with Gasteiger partial charge in [0.1, 0.15) is 5.82 Å². The molecule has 3 N–H and O–H groups in total. The maximum absolute atomic E-state index is 14.6. The summed E-state index contributed by atoms with van der Waals surface area (Å²) in [5.41, 5.74) is -7.24. The zero-order valence-electron chi connectivity index (χ0n) is 19.2. The van der Waals surface area contributed by atoms with Crippen LogP contribution < -0.4 is 4.72 Å². The second-order valence-electron chi connectivity index (χ2n) is 8.25. The van der Waals surface area contributed by atoms with Crippen molar-refractivity contribution in [3.05, 3.63) is 88.7 Å². The first-order chi connectivity index (χ1) is 17.4. The van der Waals surface area contributed by atoms with Crippen molar-refractivity contribution in [1.82, 2.24) is 0 Å². The van der Waals surface area contributed by atoms with Gasteiger partial charge in [0.05, 0.1) is 11.3 Å². The van der Waals surface area contributed by atoms with Crippen molar-refractivity contribution in [3.8, 4) is 11.1 Å². The Morgan fingerprint density at radius 1 is 0.921 bits per heavy atom. The molecular formula is C24H18F7NO5S. The maximum Gasteiger partial charge on any atom is 0.430 e. The number of carboxylic acids is 1. The van der Waals surface area contributed by atoms with Gasteiger partial charge in [-0.05, 0) is 47.9 Å². The molecule has 0 saturated heterocycles. The first kappa shape index (κ1) is 28.9. The molecule has 6 nitrogen and oxygen atoms in total. The molecule has 38 heavy (non-hydrogen) atoms. The van der Waals surface area contributed by atoms with Crippen molar-refractivity contribution < 1.29 is 54.2 Å². The first-order valence-corrected chi connectivity index (χ1v) is 12.1. The number of rotatable bonds is 7. The summed E-state index contributed by atoms with van der Waals surface area (Å²) in [6, 6.07) is 9.73. The van der Waals surface area contributed by atoms with E-state index in [4.69, 9.17) is 0 Å². The van der Waals surface area contributed by atoms with Crippen LogP contribution in [0.3, 0.4) is 0 Å². The predicted octanol–water partition coefficient (Wildman–Crippen LogP) is 5.75. The van der Waals surface area contributed by atoms with Gasteiger partial charge in [0, 0.05) is 16.8 Å². The summed E-state index contributed by atoms with van der Waals surface area (Å²) < 4.78 is 120. The highest BCUT2D eigenvalue weighted by Gasteiger charge is 2.71. The van der Waals surface area contributed by atoms with E-state index >= 15 is 0 Å². The van der Waals surface area contributed by atoms with E-state index in [1.54, 1.807) is 0 Å². The number of hydrogen-bond donors (Lipinski definition) is 3. The van der Waals surface area contributed by atoms with Crippen molar-refractivity contribution in [2.24, 2.45) is 0 Å². The average Bonchev–Trinajstić information content (AvgIpc) is 2.78. The molecule has 0 fully saturated rings. The Kier molecular flexibility index (Phi) is 7.54. The van der Waals surface area contributed by atoms with E-state index in [2.05, 4.69) is 4.72 Å². The Balaban J connectivity index is 1.87. The number of aliphatic hydroxyl groups is 1. The van der Waals surface area contributed by atoms with Gasteiger partial charge < -0.3 is 10.2 Å². The van der Waals surface area contributed by atoms with Crippen molar-refractivity contribution in [3.63, 3.8) is 0 Å². The molecule has 0 aliphatic carbocycles. The third-order valence-electron chi connectivity index (χ3n) is 5.65. The van der Waals surface area contributed by atoms with Crippen LogP contribution in [0.4, 0.5) is 36.4 Å². The minimum atomic E-state index is -6.18. The number of carboxylic acid groups (broad SMARTS) is 1. The largest absolute Gasteiger partial charge is 0.478 e. The zero-order valence-corrected chi connectivity index (χ0v) is 20.0. The van der Waals surface area contributed by atoms with Gasteiger partial charge in [0.15, 0.2) is 0 Å². The molecule has 0 spiro atoms. The van der Waals surface area contributed by atoms with E-state index in [9.17, 15) is 54.2 Å². The molecule has 0 aromatic heterocycles. The summed E-state index contributed by atoms with van der Waals surface area (Å²) >= 11 is 0. The number of hydrogen-bond acceptors (Lipinski definition) is 4. The lowest BCUT2D eigenvalue weighted by atomic mass is 9.90. The molecule has 204 valence electrons. The number of nitrogens with one attached hydrogen (secondary N) is 1. The van der Waals surface area contributed by atoms with Gasteiger partial charge in [-0.15, -0.1) is 0 Å². The SMILES string of the molecule is Cc1cccc(C(=O)O)c1CS(=O)(=O)Nc1ccc(-c2ccc(C(O)(C(F)(F)F)C(F)(F)F)cc2F)cc1. The van der Waals surface area contributed by atoms with E-state index in [0.717, 1.165) is 24.3 Å². The number of sulfonamides is 1. The molecule has 14 heteroatoms. The minimum absolute atomic E-state index is 0.0216. The van der Waals surface area contributed by atoms with Crippen LogP contribution in [-0.4, -0.2) is 37.0 Å². The van der Waals surface area contributed by atoms with Gasteiger partial charge in [-0.3, -0.25) is 4.72 Å². The molecule has 3 aromatic carbocycles. The Bertz CT molecular complexity index is 1450. The molecular weight excluding hydrogens is 547 g/mol. The lowest BCUT2D eigenvalue weighted by Gasteiger charge is -2.32. The summed E-state index contributed by atoms with van der Waals surface area (Å²) in [6.45, 7) is 1.54. The van der Waals surface area contributed by atoms with Crippen LogP contribution in [0.15, 0.2) is 60.7 Å². The van der Waals surface area contributed by atoms with Gasteiger partial charge in [-0.25, -0.2) is 17.6 Å².